The summed E-state index contributed by atoms with van der Waals surface area (Å²) in [6.07, 6.45) is 8.78. The summed E-state index contributed by atoms with van der Waals surface area (Å²) in [5.41, 5.74) is 2.56. The van der Waals surface area contributed by atoms with Crippen molar-refractivity contribution in [2.45, 2.75) is 57.9 Å². The fraction of sp³-hybridized carbons (Fsp3) is 0.571. The second-order valence-corrected chi connectivity index (χ2v) is 8.43. The van der Waals surface area contributed by atoms with Crippen LogP contribution in [0.2, 0.25) is 0 Å². The lowest BCUT2D eigenvalue weighted by Crippen LogP contribution is -2.28. The van der Waals surface area contributed by atoms with Crippen molar-refractivity contribution < 1.29 is 4.74 Å². The molecule has 1 fully saturated rings. The molecule has 4 heteroatoms. The zero-order chi connectivity index (χ0) is 17.1. The SMILES string of the molecule is C[C@@H]1CCCN1CCCOc1ccc(-c2nc3c(s2)CCCC3)cc1. The highest BCUT2D eigenvalue weighted by atomic mass is 32.1. The molecule has 1 aromatic carbocycles. The van der Waals surface area contributed by atoms with Gasteiger partial charge in [-0.15, -0.1) is 11.3 Å². The quantitative estimate of drug-likeness (QED) is 0.685. The van der Waals surface area contributed by atoms with Crippen LogP contribution in [0.25, 0.3) is 10.6 Å². The Hall–Kier alpha value is -1.39. The average Bonchev–Trinajstić information content (AvgIpc) is 3.25. The fourth-order valence-corrected chi connectivity index (χ4v) is 5.11. The molecule has 1 aliphatic heterocycles. The van der Waals surface area contributed by atoms with Crippen molar-refractivity contribution in [1.29, 1.82) is 0 Å². The summed E-state index contributed by atoms with van der Waals surface area (Å²) in [6, 6.07) is 9.25. The first kappa shape index (κ1) is 17.0. The van der Waals surface area contributed by atoms with E-state index in [9.17, 15) is 0 Å². The third-order valence-electron chi connectivity index (χ3n) is 5.50. The van der Waals surface area contributed by atoms with Gasteiger partial charge in [-0.25, -0.2) is 4.98 Å². The Labute approximate surface area is 155 Å². The number of benzene rings is 1. The summed E-state index contributed by atoms with van der Waals surface area (Å²) in [4.78, 5) is 8.93. The maximum Gasteiger partial charge on any atom is 0.123 e. The van der Waals surface area contributed by atoms with Crippen molar-refractivity contribution in [2.24, 2.45) is 0 Å². The van der Waals surface area contributed by atoms with Crippen molar-refractivity contribution in [3.05, 3.63) is 34.8 Å². The first-order valence-corrected chi connectivity index (χ1v) is 10.6. The number of thiazole rings is 1. The normalized spacial score (nSPS) is 20.6. The highest BCUT2D eigenvalue weighted by Crippen LogP contribution is 2.33. The molecule has 1 aromatic heterocycles. The van der Waals surface area contributed by atoms with Crippen molar-refractivity contribution in [2.75, 3.05) is 19.7 Å². The minimum absolute atomic E-state index is 0.753. The number of rotatable bonds is 6. The minimum atomic E-state index is 0.753. The van der Waals surface area contributed by atoms with E-state index in [1.54, 1.807) is 0 Å². The summed E-state index contributed by atoms with van der Waals surface area (Å²) < 4.78 is 5.93. The van der Waals surface area contributed by atoms with Crippen LogP contribution in [-0.2, 0) is 12.8 Å². The smallest absolute Gasteiger partial charge is 0.123 e. The number of nitrogens with zero attached hydrogens (tertiary/aromatic N) is 2. The highest BCUT2D eigenvalue weighted by molar-refractivity contribution is 7.15. The van der Waals surface area contributed by atoms with E-state index in [2.05, 4.69) is 36.1 Å². The fourth-order valence-electron chi connectivity index (χ4n) is 3.95. The van der Waals surface area contributed by atoms with Gasteiger partial charge in [0.25, 0.3) is 0 Å². The van der Waals surface area contributed by atoms with E-state index in [4.69, 9.17) is 9.72 Å². The van der Waals surface area contributed by atoms with Gasteiger partial charge in [0.2, 0.25) is 0 Å². The number of aryl methyl sites for hydroxylation is 2. The summed E-state index contributed by atoms with van der Waals surface area (Å²) in [6.45, 7) is 5.55. The van der Waals surface area contributed by atoms with E-state index in [0.29, 0.717) is 0 Å². The lowest BCUT2D eigenvalue weighted by molar-refractivity contribution is 0.230. The molecule has 134 valence electrons. The topological polar surface area (TPSA) is 25.4 Å². The maximum absolute atomic E-state index is 5.93. The molecule has 2 aliphatic rings. The van der Waals surface area contributed by atoms with E-state index >= 15 is 0 Å². The van der Waals surface area contributed by atoms with E-state index < -0.39 is 0 Å². The first-order valence-electron chi connectivity index (χ1n) is 9.75. The van der Waals surface area contributed by atoms with E-state index in [0.717, 1.165) is 37.8 Å². The largest absolute Gasteiger partial charge is 0.494 e. The number of hydrogen-bond donors (Lipinski definition) is 0. The number of fused-ring (bicyclic) bond motifs is 1. The molecule has 1 aliphatic carbocycles. The number of hydrogen-bond acceptors (Lipinski definition) is 4. The van der Waals surface area contributed by atoms with Gasteiger partial charge < -0.3 is 9.64 Å². The molecule has 1 atom stereocenters. The van der Waals surface area contributed by atoms with Crippen LogP contribution in [0.3, 0.4) is 0 Å². The second-order valence-electron chi connectivity index (χ2n) is 7.35. The maximum atomic E-state index is 5.93. The molecule has 4 rings (SSSR count). The third kappa shape index (κ3) is 4.06. The van der Waals surface area contributed by atoms with Gasteiger partial charge in [0, 0.05) is 23.0 Å². The molecule has 0 bridgehead atoms. The Morgan fingerprint density at radius 3 is 2.76 bits per heavy atom. The van der Waals surface area contributed by atoms with Crippen LogP contribution < -0.4 is 4.74 Å². The zero-order valence-electron chi connectivity index (χ0n) is 15.2. The predicted molar refractivity (Wildman–Crippen MR) is 105 cm³/mol. The molecule has 0 radical (unpaired) electrons. The van der Waals surface area contributed by atoms with E-state index in [1.165, 1.54) is 59.8 Å². The van der Waals surface area contributed by atoms with Crippen LogP contribution in [-0.4, -0.2) is 35.6 Å². The molecule has 0 amide bonds. The van der Waals surface area contributed by atoms with Gasteiger partial charge in [-0.1, -0.05) is 0 Å². The van der Waals surface area contributed by atoms with Crippen molar-refractivity contribution in [1.82, 2.24) is 9.88 Å². The number of aromatic nitrogens is 1. The van der Waals surface area contributed by atoms with Gasteiger partial charge >= 0.3 is 0 Å². The summed E-state index contributed by atoms with van der Waals surface area (Å²) in [5, 5.41) is 1.17. The van der Waals surface area contributed by atoms with E-state index in [1.807, 2.05) is 11.3 Å². The van der Waals surface area contributed by atoms with Crippen LogP contribution in [0.1, 0.15) is 49.6 Å². The number of ether oxygens (including phenoxy) is 1. The van der Waals surface area contributed by atoms with Gasteiger partial charge in [-0.3, -0.25) is 0 Å². The Morgan fingerprint density at radius 2 is 2.00 bits per heavy atom. The molecule has 0 saturated carbocycles. The molecular formula is C21H28N2OS. The van der Waals surface area contributed by atoms with Gasteiger partial charge in [0.1, 0.15) is 10.8 Å². The molecule has 2 aromatic rings. The third-order valence-corrected chi connectivity index (χ3v) is 6.70. The molecule has 2 heterocycles. The number of likely N-dealkylation sites (tertiary alicyclic amines) is 1. The molecular weight excluding hydrogens is 328 g/mol. The van der Waals surface area contributed by atoms with Gasteiger partial charge in [-0.05, 0) is 82.7 Å². The van der Waals surface area contributed by atoms with Gasteiger partial charge in [-0.2, -0.15) is 0 Å². The Kier molecular flexibility index (Phi) is 5.37. The van der Waals surface area contributed by atoms with Crippen molar-refractivity contribution >= 4 is 11.3 Å². The van der Waals surface area contributed by atoms with Gasteiger partial charge in [0.15, 0.2) is 0 Å². The van der Waals surface area contributed by atoms with Gasteiger partial charge in [0.05, 0.1) is 12.3 Å². The molecule has 0 N–H and O–H groups in total. The monoisotopic (exact) mass is 356 g/mol. The Bertz CT molecular complexity index is 671. The van der Waals surface area contributed by atoms with Crippen LogP contribution in [0, 0.1) is 0 Å². The first-order chi connectivity index (χ1) is 12.3. The molecule has 25 heavy (non-hydrogen) atoms. The Morgan fingerprint density at radius 1 is 1.16 bits per heavy atom. The summed E-state index contributed by atoms with van der Waals surface area (Å²) in [5.74, 6) is 0.972. The van der Waals surface area contributed by atoms with Crippen LogP contribution in [0.5, 0.6) is 5.75 Å². The minimum Gasteiger partial charge on any atom is -0.494 e. The zero-order valence-corrected chi connectivity index (χ0v) is 16.0. The lowest BCUT2D eigenvalue weighted by Gasteiger charge is -2.20. The van der Waals surface area contributed by atoms with Crippen LogP contribution in [0.15, 0.2) is 24.3 Å². The Balaban J connectivity index is 1.29. The highest BCUT2D eigenvalue weighted by Gasteiger charge is 2.19. The van der Waals surface area contributed by atoms with Crippen molar-refractivity contribution in [3.63, 3.8) is 0 Å². The summed E-state index contributed by atoms with van der Waals surface area (Å²) >= 11 is 1.87. The van der Waals surface area contributed by atoms with Crippen molar-refractivity contribution in [3.8, 4) is 16.3 Å². The second kappa shape index (κ2) is 7.88. The van der Waals surface area contributed by atoms with E-state index in [-0.39, 0.29) is 0 Å². The predicted octanol–water partition coefficient (Wildman–Crippen LogP) is 4.94. The summed E-state index contributed by atoms with van der Waals surface area (Å²) in [7, 11) is 0. The molecule has 0 unspecified atom stereocenters. The molecule has 3 nitrogen and oxygen atoms in total. The lowest BCUT2D eigenvalue weighted by atomic mass is 10.0. The van der Waals surface area contributed by atoms with Crippen LogP contribution >= 0.6 is 11.3 Å². The van der Waals surface area contributed by atoms with Crippen LogP contribution in [0.4, 0.5) is 0 Å². The standard InChI is InChI=1S/C21H28N2OS/c1-16-6-4-13-23(16)14-5-15-24-18-11-9-17(10-12-18)21-22-19-7-2-3-8-20(19)25-21/h9-12,16H,2-8,13-15H2,1H3/t16-/m1/s1. The molecule has 0 spiro atoms. The average molecular weight is 357 g/mol. The molecule has 1 saturated heterocycles.